The number of ether oxygens (including phenoxy) is 1. The topological polar surface area (TPSA) is 95.9 Å². The van der Waals surface area contributed by atoms with E-state index in [2.05, 4.69) is 6.58 Å². The molecule has 0 aliphatic carbocycles. The first-order valence-electron chi connectivity index (χ1n) is 9.71. The largest absolute Gasteiger partial charge is 0.490 e. The Morgan fingerprint density at radius 2 is 1.91 bits per heavy atom. The van der Waals surface area contributed by atoms with Gasteiger partial charge >= 0.3 is 6.18 Å². The summed E-state index contributed by atoms with van der Waals surface area (Å²) in [6.07, 6.45) is -0.921. The summed E-state index contributed by atoms with van der Waals surface area (Å²) >= 11 is 0. The zero-order chi connectivity index (χ0) is 24.1. The van der Waals surface area contributed by atoms with Gasteiger partial charge in [-0.25, -0.2) is 13.9 Å². The van der Waals surface area contributed by atoms with Gasteiger partial charge in [0.15, 0.2) is 0 Å². The molecule has 1 aromatic carbocycles. The molecule has 32 heavy (non-hydrogen) atoms. The minimum Gasteiger partial charge on any atom is -0.490 e. The Bertz CT molecular complexity index is 1020. The van der Waals surface area contributed by atoms with Crippen LogP contribution in [0.2, 0.25) is 0 Å². The van der Waals surface area contributed by atoms with Crippen molar-refractivity contribution in [1.29, 1.82) is 0 Å². The zero-order valence-electron chi connectivity index (χ0n) is 17.6. The summed E-state index contributed by atoms with van der Waals surface area (Å²) in [7, 11) is -4.03. The third-order valence-corrected chi connectivity index (χ3v) is 6.97. The lowest BCUT2D eigenvalue weighted by atomic mass is 10.1. The molecule has 2 rings (SSSR count). The maximum atomic E-state index is 13.1. The lowest BCUT2D eigenvalue weighted by Gasteiger charge is -2.32. The van der Waals surface area contributed by atoms with E-state index in [-0.39, 0.29) is 29.3 Å². The number of amides is 1. The molecule has 0 spiro atoms. The van der Waals surface area contributed by atoms with E-state index in [1.807, 2.05) is 0 Å². The number of carbonyl (C=O) groups is 1. The van der Waals surface area contributed by atoms with E-state index in [1.165, 1.54) is 34.1 Å². The van der Waals surface area contributed by atoms with Crippen LogP contribution in [0.25, 0.3) is 0 Å². The molecule has 0 bridgehead atoms. The molecule has 0 radical (unpaired) electrons. The van der Waals surface area contributed by atoms with Crippen molar-refractivity contribution in [3.05, 3.63) is 65.5 Å². The predicted octanol–water partition coefficient (Wildman–Crippen LogP) is 3.86. The van der Waals surface area contributed by atoms with Crippen molar-refractivity contribution in [2.75, 3.05) is 13.1 Å². The first kappa shape index (κ1) is 25.6. The molecule has 1 aliphatic rings. The molecule has 1 fully saturated rings. The fourth-order valence-corrected chi connectivity index (χ4v) is 4.91. The van der Waals surface area contributed by atoms with Gasteiger partial charge in [0, 0.05) is 18.7 Å². The summed E-state index contributed by atoms with van der Waals surface area (Å²) in [6.45, 7) is 6.21. The van der Waals surface area contributed by atoms with Crippen molar-refractivity contribution >= 4 is 15.9 Å². The molecule has 1 heterocycles. The quantitative estimate of drug-likeness (QED) is 0.271. The van der Waals surface area contributed by atoms with Gasteiger partial charge in [0.2, 0.25) is 10.0 Å². The standard InChI is InChI=1S/C21H25F3N2O5S/c1-4-16(9-8-15(3)21(22,23)24)31-17-10-12-26(13-11-17)32(29,30)18-7-5-6-14(2)19(18)20(27)25-28/h4-9,17,28H,1,10-13H2,2-3H3,(H,25,27)/b15-8+,16-9+. The number of alkyl halides is 3. The molecule has 1 aromatic rings. The molecule has 1 saturated heterocycles. The second-order valence-electron chi connectivity index (χ2n) is 7.23. The first-order chi connectivity index (χ1) is 14.9. The highest BCUT2D eigenvalue weighted by Crippen LogP contribution is 2.28. The Balaban J connectivity index is 2.13. The van der Waals surface area contributed by atoms with Crippen molar-refractivity contribution < 1.29 is 36.3 Å². The highest BCUT2D eigenvalue weighted by atomic mass is 32.2. The number of hydrogen-bond donors (Lipinski definition) is 2. The Morgan fingerprint density at radius 3 is 2.44 bits per heavy atom. The van der Waals surface area contributed by atoms with Gasteiger partial charge in [0.1, 0.15) is 11.9 Å². The number of hydroxylamine groups is 1. The SMILES string of the molecule is C=C/C(=C\C=C(/C)C(F)(F)F)OC1CCN(S(=O)(=O)c2cccc(C)c2C(=O)NO)CC1. The van der Waals surface area contributed by atoms with Gasteiger partial charge in [-0.05, 0) is 50.5 Å². The summed E-state index contributed by atoms with van der Waals surface area (Å²) in [5.41, 5.74) is 0.926. The molecule has 176 valence electrons. The van der Waals surface area contributed by atoms with Crippen LogP contribution in [0.15, 0.2) is 59.2 Å². The second-order valence-corrected chi connectivity index (χ2v) is 9.14. The fraction of sp³-hybridized carbons (Fsp3) is 0.381. The average Bonchev–Trinajstić information content (AvgIpc) is 2.75. The van der Waals surface area contributed by atoms with E-state index in [0.717, 1.165) is 13.0 Å². The van der Waals surface area contributed by atoms with Crippen LogP contribution in [-0.2, 0) is 14.8 Å². The van der Waals surface area contributed by atoms with Crippen LogP contribution in [0.3, 0.4) is 0 Å². The van der Waals surface area contributed by atoms with Gasteiger partial charge in [-0.1, -0.05) is 24.8 Å². The lowest BCUT2D eigenvalue weighted by Crippen LogP contribution is -2.41. The number of nitrogens with one attached hydrogen (secondary N) is 1. The van der Waals surface area contributed by atoms with E-state index >= 15 is 0 Å². The number of hydrogen-bond acceptors (Lipinski definition) is 5. The number of halogens is 3. The number of carbonyl (C=O) groups excluding carboxylic acids is 1. The average molecular weight is 475 g/mol. The number of sulfonamides is 1. The van der Waals surface area contributed by atoms with Crippen LogP contribution in [0.1, 0.15) is 35.7 Å². The monoisotopic (exact) mass is 474 g/mol. The summed E-state index contributed by atoms with van der Waals surface area (Å²) < 4.78 is 71.0. The van der Waals surface area contributed by atoms with Crippen LogP contribution in [0, 0.1) is 6.92 Å². The lowest BCUT2D eigenvalue weighted by molar-refractivity contribution is -0.0913. The third kappa shape index (κ3) is 5.99. The normalized spacial score (nSPS) is 17.2. The maximum Gasteiger partial charge on any atom is 0.412 e. The predicted molar refractivity (Wildman–Crippen MR) is 111 cm³/mol. The molecule has 0 unspecified atom stereocenters. The first-order valence-corrected chi connectivity index (χ1v) is 11.1. The van der Waals surface area contributed by atoms with Gasteiger partial charge in [0.05, 0.1) is 10.5 Å². The Kier molecular flexibility index (Phi) is 8.27. The highest BCUT2D eigenvalue weighted by Gasteiger charge is 2.33. The summed E-state index contributed by atoms with van der Waals surface area (Å²) in [6, 6.07) is 4.36. The summed E-state index contributed by atoms with van der Waals surface area (Å²) in [4.78, 5) is 11.8. The number of nitrogens with zero attached hydrogens (tertiary/aromatic N) is 1. The smallest absolute Gasteiger partial charge is 0.412 e. The van der Waals surface area contributed by atoms with Gasteiger partial charge in [-0.15, -0.1) is 0 Å². The minimum absolute atomic E-state index is 0.0863. The van der Waals surface area contributed by atoms with Crippen molar-refractivity contribution in [3.8, 4) is 0 Å². The van der Waals surface area contributed by atoms with Gasteiger partial charge in [0.25, 0.3) is 5.91 Å². The molecule has 1 aliphatic heterocycles. The second kappa shape index (κ2) is 10.3. The van der Waals surface area contributed by atoms with E-state index in [1.54, 1.807) is 13.0 Å². The van der Waals surface area contributed by atoms with Gasteiger partial charge in [-0.3, -0.25) is 10.0 Å². The van der Waals surface area contributed by atoms with Crippen molar-refractivity contribution in [3.63, 3.8) is 0 Å². The van der Waals surface area contributed by atoms with Gasteiger partial charge < -0.3 is 4.74 Å². The molecule has 7 nitrogen and oxygen atoms in total. The summed E-state index contributed by atoms with van der Waals surface area (Å²) in [5, 5.41) is 8.97. The van der Waals surface area contributed by atoms with Crippen molar-refractivity contribution in [2.45, 2.75) is 43.9 Å². The minimum atomic E-state index is -4.44. The summed E-state index contributed by atoms with van der Waals surface area (Å²) in [5.74, 6) is -0.779. The molecular formula is C21H25F3N2O5S. The molecule has 0 atom stereocenters. The molecule has 0 aromatic heterocycles. The maximum absolute atomic E-state index is 13.1. The zero-order valence-corrected chi connectivity index (χ0v) is 18.5. The molecule has 11 heteroatoms. The number of benzene rings is 1. The number of piperidine rings is 1. The van der Waals surface area contributed by atoms with Crippen molar-refractivity contribution in [2.24, 2.45) is 0 Å². The van der Waals surface area contributed by atoms with Crippen LogP contribution in [-0.4, -0.2) is 49.2 Å². The molecule has 2 N–H and O–H groups in total. The van der Waals surface area contributed by atoms with E-state index in [4.69, 9.17) is 9.94 Å². The van der Waals surface area contributed by atoms with Crippen LogP contribution >= 0.6 is 0 Å². The van der Waals surface area contributed by atoms with Crippen LogP contribution in [0.4, 0.5) is 13.2 Å². The van der Waals surface area contributed by atoms with Crippen LogP contribution in [0.5, 0.6) is 0 Å². The van der Waals surface area contributed by atoms with E-state index in [9.17, 15) is 26.4 Å². The number of rotatable bonds is 7. The Hall–Kier alpha value is -2.63. The Labute approximate surface area is 184 Å². The highest BCUT2D eigenvalue weighted by molar-refractivity contribution is 7.89. The molecule has 1 amide bonds. The van der Waals surface area contributed by atoms with Gasteiger partial charge in [-0.2, -0.15) is 17.5 Å². The van der Waals surface area contributed by atoms with Crippen LogP contribution < -0.4 is 5.48 Å². The number of aryl methyl sites for hydroxylation is 1. The van der Waals surface area contributed by atoms with E-state index in [0.29, 0.717) is 18.4 Å². The fourth-order valence-electron chi connectivity index (χ4n) is 3.18. The molecule has 0 saturated carbocycles. The number of allylic oxidation sites excluding steroid dienone is 4. The molecular weight excluding hydrogens is 449 g/mol. The van der Waals surface area contributed by atoms with E-state index < -0.39 is 33.8 Å². The van der Waals surface area contributed by atoms with Crippen molar-refractivity contribution in [1.82, 2.24) is 9.79 Å². The Morgan fingerprint density at radius 1 is 1.28 bits per heavy atom. The third-order valence-electron chi connectivity index (χ3n) is 5.03.